The van der Waals surface area contributed by atoms with Gasteiger partial charge in [0.1, 0.15) is 6.54 Å². The molecule has 1 aromatic carbocycles. The van der Waals surface area contributed by atoms with Crippen molar-refractivity contribution >= 4 is 11.8 Å². The summed E-state index contributed by atoms with van der Waals surface area (Å²) >= 11 is 0. The first-order chi connectivity index (χ1) is 10.1. The normalized spacial score (nSPS) is 13.0. The molecule has 3 N–H and O–H groups in total. The third-order valence-corrected chi connectivity index (χ3v) is 3.17. The Morgan fingerprint density at radius 2 is 1.82 bits per heavy atom. The number of hydrogen-bond donors (Lipinski definition) is 2. The van der Waals surface area contributed by atoms with Crippen LogP contribution in [0.3, 0.4) is 0 Å². The molecule has 2 amide bonds. The molecule has 0 bridgehead atoms. The van der Waals surface area contributed by atoms with Crippen molar-refractivity contribution in [1.82, 2.24) is 10.2 Å². The van der Waals surface area contributed by atoms with E-state index in [0.29, 0.717) is 6.54 Å². The van der Waals surface area contributed by atoms with Gasteiger partial charge in [-0.25, -0.2) is 0 Å². The van der Waals surface area contributed by atoms with Crippen LogP contribution in [-0.4, -0.2) is 42.5 Å². The van der Waals surface area contributed by atoms with Crippen LogP contribution in [-0.2, 0) is 11.3 Å². The molecule has 0 unspecified atom stereocenters. The second-order valence-corrected chi connectivity index (χ2v) is 4.99. The van der Waals surface area contributed by atoms with E-state index >= 15 is 0 Å². The van der Waals surface area contributed by atoms with Crippen LogP contribution in [0, 0.1) is 0 Å². The highest BCUT2D eigenvalue weighted by Gasteiger charge is 2.27. The van der Waals surface area contributed by atoms with Crippen LogP contribution in [0.25, 0.3) is 0 Å². The Labute approximate surface area is 126 Å². The summed E-state index contributed by atoms with van der Waals surface area (Å²) in [5.74, 6) is -1.24. The summed E-state index contributed by atoms with van der Waals surface area (Å²) in [5.41, 5.74) is 6.14. The molecule has 1 atom stereocenters. The molecule has 0 fully saturated rings. The minimum atomic E-state index is -4.44. The maximum absolute atomic E-state index is 12.0. The highest BCUT2D eigenvalue weighted by atomic mass is 19.4. The van der Waals surface area contributed by atoms with Gasteiger partial charge < -0.3 is 11.1 Å². The molecule has 0 saturated carbocycles. The second kappa shape index (κ2) is 7.26. The van der Waals surface area contributed by atoms with Gasteiger partial charge in [-0.15, -0.1) is 0 Å². The third-order valence-electron chi connectivity index (χ3n) is 3.17. The zero-order valence-corrected chi connectivity index (χ0v) is 12.3. The van der Waals surface area contributed by atoms with Crippen molar-refractivity contribution in [3.8, 4) is 0 Å². The van der Waals surface area contributed by atoms with Gasteiger partial charge in [0.05, 0.1) is 6.04 Å². The Bertz CT molecular complexity index is 529. The zero-order valence-electron chi connectivity index (χ0n) is 12.3. The number of nitrogens with zero attached hydrogens (tertiary/aromatic N) is 1. The lowest BCUT2D eigenvalue weighted by molar-refractivity contribution is -0.123. The van der Waals surface area contributed by atoms with E-state index in [1.165, 1.54) is 12.1 Å². The van der Waals surface area contributed by atoms with E-state index in [0.717, 1.165) is 5.56 Å². The highest BCUT2D eigenvalue weighted by molar-refractivity contribution is 5.94. The summed E-state index contributed by atoms with van der Waals surface area (Å²) in [7, 11) is 1.72. The number of halogens is 3. The standard InChI is InChI=1S/C14H18F3N3O2/c1-9(12(18)21)20(2)7-10-3-5-11(6-4-10)13(22)19-8-14(15,16)17/h3-6,9H,7-8H2,1-2H3,(H2,18,21)(H,19,22)/t9-/m0/s1. The maximum atomic E-state index is 12.0. The predicted molar refractivity (Wildman–Crippen MR) is 75.0 cm³/mol. The van der Waals surface area contributed by atoms with Crippen molar-refractivity contribution < 1.29 is 22.8 Å². The molecule has 5 nitrogen and oxygen atoms in total. The van der Waals surface area contributed by atoms with Crippen molar-refractivity contribution in [3.63, 3.8) is 0 Å². The molecule has 22 heavy (non-hydrogen) atoms. The molecule has 0 spiro atoms. The minimum absolute atomic E-state index is 0.138. The van der Waals surface area contributed by atoms with Crippen LogP contribution in [0.15, 0.2) is 24.3 Å². The van der Waals surface area contributed by atoms with Gasteiger partial charge in [-0.2, -0.15) is 13.2 Å². The smallest absolute Gasteiger partial charge is 0.368 e. The predicted octanol–water partition coefficient (Wildman–Crippen LogP) is 1.28. The molecular formula is C14H18F3N3O2. The first kappa shape index (κ1) is 18.0. The van der Waals surface area contributed by atoms with Gasteiger partial charge >= 0.3 is 6.18 Å². The molecule has 0 aromatic heterocycles. The first-order valence-corrected chi connectivity index (χ1v) is 6.53. The van der Waals surface area contributed by atoms with E-state index in [9.17, 15) is 22.8 Å². The highest BCUT2D eigenvalue weighted by Crippen LogP contribution is 2.13. The largest absolute Gasteiger partial charge is 0.405 e. The molecule has 8 heteroatoms. The van der Waals surface area contributed by atoms with E-state index in [1.54, 1.807) is 36.3 Å². The van der Waals surface area contributed by atoms with Gasteiger partial charge in [0, 0.05) is 12.1 Å². The molecule has 0 aliphatic carbocycles. The quantitative estimate of drug-likeness (QED) is 0.830. The molecule has 0 heterocycles. The fourth-order valence-corrected chi connectivity index (χ4v) is 1.69. The Morgan fingerprint density at radius 3 is 2.27 bits per heavy atom. The molecular weight excluding hydrogens is 299 g/mol. The van der Waals surface area contributed by atoms with Crippen molar-refractivity contribution in [2.45, 2.75) is 25.7 Å². The Hall–Kier alpha value is -2.09. The third kappa shape index (κ3) is 5.72. The number of likely N-dealkylation sites (N-methyl/N-ethyl adjacent to an activating group) is 1. The summed E-state index contributed by atoms with van der Waals surface area (Å²) in [6.07, 6.45) is -4.44. The maximum Gasteiger partial charge on any atom is 0.405 e. The van der Waals surface area contributed by atoms with Crippen molar-refractivity contribution in [2.24, 2.45) is 5.73 Å². The van der Waals surface area contributed by atoms with Crippen LogP contribution in [0.1, 0.15) is 22.8 Å². The van der Waals surface area contributed by atoms with Gasteiger partial charge in [-0.3, -0.25) is 14.5 Å². The van der Waals surface area contributed by atoms with Crippen LogP contribution >= 0.6 is 0 Å². The van der Waals surface area contributed by atoms with E-state index in [-0.39, 0.29) is 5.56 Å². The van der Waals surface area contributed by atoms with Crippen LogP contribution in [0.2, 0.25) is 0 Å². The molecule has 122 valence electrons. The van der Waals surface area contributed by atoms with Gasteiger partial charge in [0.25, 0.3) is 5.91 Å². The fraction of sp³-hybridized carbons (Fsp3) is 0.429. The summed E-state index contributed by atoms with van der Waals surface area (Å²) in [4.78, 5) is 24.3. The summed E-state index contributed by atoms with van der Waals surface area (Å²) in [6, 6.07) is 5.65. The van der Waals surface area contributed by atoms with Crippen LogP contribution in [0.5, 0.6) is 0 Å². The topological polar surface area (TPSA) is 75.4 Å². The molecule has 1 rings (SSSR count). The number of alkyl halides is 3. The number of hydrogen-bond acceptors (Lipinski definition) is 3. The van der Waals surface area contributed by atoms with Gasteiger partial charge in [-0.05, 0) is 31.7 Å². The van der Waals surface area contributed by atoms with E-state index < -0.39 is 30.6 Å². The average molecular weight is 317 g/mol. The summed E-state index contributed by atoms with van der Waals surface area (Å²) < 4.78 is 36.1. The number of rotatable bonds is 6. The van der Waals surface area contributed by atoms with Crippen molar-refractivity contribution in [3.05, 3.63) is 35.4 Å². The average Bonchev–Trinajstić information content (AvgIpc) is 2.43. The van der Waals surface area contributed by atoms with Gasteiger partial charge in [0.15, 0.2) is 0 Å². The number of carbonyl (C=O) groups excluding carboxylic acids is 2. The zero-order chi connectivity index (χ0) is 16.9. The summed E-state index contributed by atoms with van der Waals surface area (Å²) in [5, 5.41) is 1.80. The monoisotopic (exact) mass is 317 g/mol. The summed E-state index contributed by atoms with van der Waals surface area (Å²) in [6.45, 7) is 0.724. The number of nitrogens with one attached hydrogen (secondary N) is 1. The molecule has 0 saturated heterocycles. The number of amides is 2. The van der Waals surface area contributed by atoms with Crippen molar-refractivity contribution in [2.75, 3.05) is 13.6 Å². The van der Waals surface area contributed by atoms with Crippen molar-refractivity contribution in [1.29, 1.82) is 0 Å². The Morgan fingerprint density at radius 1 is 1.27 bits per heavy atom. The Kier molecular flexibility index (Phi) is 5.92. The lowest BCUT2D eigenvalue weighted by Gasteiger charge is -2.21. The van der Waals surface area contributed by atoms with E-state index in [2.05, 4.69) is 0 Å². The lowest BCUT2D eigenvalue weighted by Crippen LogP contribution is -2.39. The van der Waals surface area contributed by atoms with E-state index in [1.807, 2.05) is 0 Å². The number of carbonyl (C=O) groups is 2. The lowest BCUT2D eigenvalue weighted by atomic mass is 10.1. The molecule has 0 radical (unpaired) electrons. The van der Waals surface area contributed by atoms with Crippen LogP contribution < -0.4 is 11.1 Å². The molecule has 1 aromatic rings. The fourth-order valence-electron chi connectivity index (χ4n) is 1.69. The van der Waals surface area contributed by atoms with Gasteiger partial charge in [-0.1, -0.05) is 12.1 Å². The SMILES string of the molecule is C[C@@H](C(N)=O)N(C)Cc1ccc(C(=O)NCC(F)(F)F)cc1. The number of benzene rings is 1. The number of nitrogens with two attached hydrogens (primary N) is 1. The van der Waals surface area contributed by atoms with Gasteiger partial charge in [0.2, 0.25) is 5.91 Å². The first-order valence-electron chi connectivity index (χ1n) is 6.53. The molecule has 0 aliphatic rings. The molecule has 0 aliphatic heterocycles. The minimum Gasteiger partial charge on any atom is -0.368 e. The number of primary amides is 1. The van der Waals surface area contributed by atoms with E-state index in [4.69, 9.17) is 5.73 Å². The van der Waals surface area contributed by atoms with Crippen LogP contribution in [0.4, 0.5) is 13.2 Å². The Balaban J connectivity index is 2.63. The second-order valence-electron chi connectivity index (χ2n) is 4.99.